The number of benzene rings is 7. The number of pyridine rings is 2. The van der Waals surface area contributed by atoms with E-state index in [0.717, 1.165) is 61.2 Å². The van der Waals surface area contributed by atoms with Crippen LogP contribution < -0.4 is 0 Å². The fraction of sp³-hybridized carbons (Fsp3) is 0. The first kappa shape index (κ1) is 29.5. The molecule has 0 fully saturated rings. The number of fused-ring (bicyclic) bond motifs is 3. The van der Waals surface area contributed by atoms with E-state index in [0.29, 0.717) is 0 Å². The molecule has 50 heavy (non-hydrogen) atoms. The van der Waals surface area contributed by atoms with E-state index in [2.05, 4.69) is 182 Å². The lowest BCUT2D eigenvalue weighted by atomic mass is 9.90. The average molecular weight is 637 g/mol. The highest BCUT2D eigenvalue weighted by molar-refractivity contribution is 6.16. The summed E-state index contributed by atoms with van der Waals surface area (Å²) >= 11 is 0. The largest absolute Gasteiger partial charge is 0.248 e. The highest BCUT2D eigenvalue weighted by Gasteiger charge is 2.16. The highest BCUT2D eigenvalue weighted by Crippen LogP contribution is 2.41. The first-order valence-electron chi connectivity index (χ1n) is 17.0. The third kappa shape index (κ3) is 5.53. The SMILES string of the molecule is c1ccc(-c2cc(-c3ccc(-c4cc5c(-c6ccccc6)cc(-c6ccccc6)nc5c5ccccc45)cc3)cc(-c3ccccc3)n2)cc1. The summed E-state index contributed by atoms with van der Waals surface area (Å²) in [6, 6.07) is 68.6. The highest BCUT2D eigenvalue weighted by atomic mass is 14.7. The maximum Gasteiger partial charge on any atom is 0.0794 e. The summed E-state index contributed by atoms with van der Waals surface area (Å²) in [5, 5.41) is 3.47. The van der Waals surface area contributed by atoms with Gasteiger partial charge in [0.25, 0.3) is 0 Å². The van der Waals surface area contributed by atoms with E-state index in [1.165, 1.54) is 27.6 Å². The first-order chi connectivity index (χ1) is 24.8. The van der Waals surface area contributed by atoms with Gasteiger partial charge >= 0.3 is 0 Å². The van der Waals surface area contributed by atoms with E-state index in [1.807, 2.05) is 12.1 Å². The standard InChI is InChI=1S/C48H32N2/c1-5-15-34(16-6-1)43-32-47(38-21-11-4-12-22-38)50-48-41-24-14-13-23-40(41)42(31-44(43)48)35-27-25-33(26-28-35)39-29-45(36-17-7-2-8-18-36)49-46(30-39)37-19-9-3-10-20-37/h1-32H. The third-order valence-electron chi connectivity index (χ3n) is 9.47. The molecule has 2 heteroatoms. The van der Waals surface area contributed by atoms with E-state index in [4.69, 9.17) is 9.97 Å². The van der Waals surface area contributed by atoms with Gasteiger partial charge in [-0.05, 0) is 63.0 Å². The predicted octanol–water partition coefficient (Wildman–Crippen LogP) is 12.8. The van der Waals surface area contributed by atoms with Crippen molar-refractivity contribution < 1.29 is 0 Å². The molecule has 0 N–H and O–H groups in total. The molecule has 0 bridgehead atoms. The Kier molecular flexibility index (Phi) is 7.53. The zero-order chi connectivity index (χ0) is 33.3. The van der Waals surface area contributed by atoms with Gasteiger partial charge in [0.2, 0.25) is 0 Å². The van der Waals surface area contributed by atoms with Crippen molar-refractivity contribution >= 4 is 21.7 Å². The molecule has 9 aromatic rings. The van der Waals surface area contributed by atoms with Gasteiger partial charge in [0.15, 0.2) is 0 Å². The van der Waals surface area contributed by atoms with Crippen LogP contribution in [0.3, 0.4) is 0 Å². The van der Waals surface area contributed by atoms with Crippen LogP contribution in [0.2, 0.25) is 0 Å². The van der Waals surface area contributed by atoms with Crippen molar-refractivity contribution in [1.82, 2.24) is 9.97 Å². The molecule has 0 aliphatic heterocycles. The monoisotopic (exact) mass is 636 g/mol. The summed E-state index contributed by atoms with van der Waals surface area (Å²) in [7, 11) is 0. The minimum atomic E-state index is 0.961. The second-order valence-electron chi connectivity index (χ2n) is 12.6. The summed E-state index contributed by atoms with van der Waals surface area (Å²) in [6.45, 7) is 0. The summed E-state index contributed by atoms with van der Waals surface area (Å²) in [6.07, 6.45) is 0. The predicted molar refractivity (Wildman–Crippen MR) is 210 cm³/mol. The fourth-order valence-electron chi connectivity index (χ4n) is 6.96. The smallest absolute Gasteiger partial charge is 0.0794 e. The molecule has 9 rings (SSSR count). The van der Waals surface area contributed by atoms with E-state index >= 15 is 0 Å². The van der Waals surface area contributed by atoms with E-state index in [9.17, 15) is 0 Å². The number of hydrogen-bond donors (Lipinski definition) is 0. The molecule has 2 heterocycles. The van der Waals surface area contributed by atoms with Crippen LogP contribution in [-0.4, -0.2) is 9.97 Å². The minimum absolute atomic E-state index is 0.961. The van der Waals surface area contributed by atoms with Gasteiger partial charge in [-0.1, -0.05) is 170 Å². The number of hydrogen-bond acceptors (Lipinski definition) is 2. The molecule has 2 nitrogen and oxygen atoms in total. The summed E-state index contributed by atoms with van der Waals surface area (Å²) in [5.41, 5.74) is 14.2. The van der Waals surface area contributed by atoms with Gasteiger partial charge in [-0.2, -0.15) is 0 Å². The minimum Gasteiger partial charge on any atom is -0.248 e. The molecule has 0 atom stereocenters. The molecule has 0 aliphatic carbocycles. The van der Waals surface area contributed by atoms with Crippen LogP contribution >= 0.6 is 0 Å². The van der Waals surface area contributed by atoms with Gasteiger partial charge in [-0.3, -0.25) is 0 Å². The number of rotatable bonds is 6. The van der Waals surface area contributed by atoms with Crippen LogP contribution in [0.4, 0.5) is 0 Å². The Balaban J connectivity index is 1.21. The maximum absolute atomic E-state index is 5.31. The molecule has 2 aromatic heterocycles. The lowest BCUT2D eigenvalue weighted by Gasteiger charge is -2.16. The van der Waals surface area contributed by atoms with Crippen LogP contribution in [0.5, 0.6) is 0 Å². The van der Waals surface area contributed by atoms with Crippen molar-refractivity contribution in [3.05, 3.63) is 194 Å². The van der Waals surface area contributed by atoms with Gasteiger partial charge in [0, 0.05) is 27.5 Å². The van der Waals surface area contributed by atoms with Crippen molar-refractivity contribution in [2.24, 2.45) is 0 Å². The molecule has 7 aromatic carbocycles. The van der Waals surface area contributed by atoms with Gasteiger partial charge in [-0.25, -0.2) is 9.97 Å². The molecule has 0 aliphatic rings. The molecule has 0 radical (unpaired) electrons. The quantitative estimate of drug-likeness (QED) is 0.170. The van der Waals surface area contributed by atoms with Crippen LogP contribution in [-0.2, 0) is 0 Å². The molecular weight excluding hydrogens is 605 g/mol. The second kappa shape index (κ2) is 12.8. The summed E-state index contributed by atoms with van der Waals surface area (Å²) < 4.78 is 0. The third-order valence-corrected chi connectivity index (χ3v) is 9.47. The Morgan fingerprint density at radius 3 is 1.18 bits per heavy atom. The van der Waals surface area contributed by atoms with Crippen LogP contribution in [0.25, 0.3) is 88.8 Å². The van der Waals surface area contributed by atoms with Crippen molar-refractivity contribution in [2.75, 3.05) is 0 Å². The van der Waals surface area contributed by atoms with Crippen molar-refractivity contribution in [3.63, 3.8) is 0 Å². The van der Waals surface area contributed by atoms with Gasteiger partial charge in [0.1, 0.15) is 0 Å². The molecule has 0 amide bonds. The van der Waals surface area contributed by atoms with E-state index < -0.39 is 0 Å². The summed E-state index contributed by atoms with van der Waals surface area (Å²) in [4.78, 5) is 10.4. The maximum atomic E-state index is 5.31. The fourth-order valence-corrected chi connectivity index (χ4v) is 6.96. The normalized spacial score (nSPS) is 11.2. The molecule has 234 valence electrons. The Morgan fingerprint density at radius 1 is 0.240 bits per heavy atom. The zero-order valence-corrected chi connectivity index (χ0v) is 27.4. The molecular formula is C48H32N2. The summed E-state index contributed by atoms with van der Waals surface area (Å²) in [5.74, 6) is 0. The Hall–Kier alpha value is -6.64. The molecule has 0 saturated carbocycles. The molecule has 0 saturated heterocycles. The van der Waals surface area contributed by atoms with Gasteiger partial charge in [0.05, 0.1) is 22.6 Å². The average Bonchev–Trinajstić information content (AvgIpc) is 3.21. The first-order valence-corrected chi connectivity index (χ1v) is 17.0. The van der Waals surface area contributed by atoms with Gasteiger partial charge < -0.3 is 0 Å². The lowest BCUT2D eigenvalue weighted by molar-refractivity contribution is 1.32. The van der Waals surface area contributed by atoms with Crippen molar-refractivity contribution in [1.29, 1.82) is 0 Å². The van der Waals surface area contributed by atoms with Crippen LogP contribution in [0, 0.1) is 0 Å². The van der Waals surface area contributed by atoms with Crippen molar-refractivity contribution in [3.8, 4) is 67.2 Å². The number of nitrogens with zero attached hydrogens (tertiary/aromatic N) is 2. The Labute approximate surface area is 292 Å². The van der Waals surface area contributed by atoms with Crippen molar-refractivity contribution in [2.45, 2.75) is 0 Å². The number of aromatic nitrogens is 2. The molecule has 0 unspecified atom stereocenters. The molecule has 0 spiro atoms. The topological polar surface area (TPSA) is 25.8 Å². The lowest BCUT2D eigenvalue weighted by Crippen LogP contribution is -1.93. The van der Waals surface area contributed by atoms with Crippen LogP contribution in [0.1, 0.15) is 0 Å². The van der Waals surface area contributed by atoms with Gasteiger partial charge in [-0.15, -0.1) is 0 Å². The Bertz CT molecular complexity index is 2540. The van der Waals surface area contributed by atoms with Crippen LogP contribution in [0.15, 0.2) is 194 Å². The van der Waals surface area contributed by atoms with E-state index in [1.54, 1.807) is 0 Å². The van der Waals surface area contributed by atoms with E-state index in [-0.39, 0.29) is 0 Å². The second-order valence-corrected chi connectivity index (χ2v) is 12.6. The Morgan fingerprint density at radius 2 is 0.640 bits per heavy atom. The zero-order valence-electron chi connectivity index (χ0n) is 27.4.